The van der Waals surface area contributed by atoms with E-state index >= 15 is 0 Å². The van der Waals surface area contributed by atoms with E-state index in [1.54, 1.807) is 19.1 Å². The molecule has 0 bridgehead atoms. The molecule has 1 aromatic rings. The van der Waals surface area contributed by atoms with Crippen LogP contribution in [0, 0.1) is 17.0 Å². The molecule has 0 aliphatic heterocycles. The third-order valence-electron chi connectivity index (χ3n) is 2.17. The van der Waals surface area contributed by atoms with Gasteiger partial charge in [-0.15, -0.1) is 6.58 Å². The normalized spacial score (nSPS) is 9.67. The highest BCUT2D eigenvalue weighted by molar-refractivity contribution is 5.59. The van der Waals surface area contributed by atoms with Crippen LogP contribution >= 0.6 is 0 Å². The van der Waals surface area contributed by atoms with E-state index in [4.69, 9.17) is 0 Å². The second-order valence-electron chi connectivity index (χ2n) is 3.21. The molecule has 0 saturated heterocycles. The molecule has 80 valence electrons. The highest BCUT2D eigenvalue weighted by atomic mass is 16.6. The summed E-state index contributed by atoms with van der Waals surface area (Å²) in [6, 6.07) is 5.03. The van der Waals surface area contributed by atoms with Crippen molar-refractivity contribution in [2.45, 2.75) is 13.3 Å². The molecule has 1 N–H and O–H groups in total. The molecule has 0 aliphatic rings. The molecular weight excluding hydrogens is 192 g/mol. The van der Waals surface area contributed by atoms with Gasteiger partial charge >= 0.3 is 0 Å². The fraction of sp³-hybridized carbons (Fsp3) is 0.273. The zero-order chi connectivity index (χ0) is 11.3. The Morgan fingerprint density at radius 3 is 2.93 bits per heavy atom. The van der Waals surface area contributed by atoms with Gasteiger partial charge in [-0.3, -0.25) is 10.1 Å². The van der Waals surface area contributed by atoms with Crippen LogP contribution in [0.3, 0.4) is 0 Å². The van der Waals surface area contributed by atoms with E-state index in [0.29, 0.717) is 5.56 Å². The van der Waals surface area contributed by atoms with Gasteiger partial charge in [0.05, 0.1) is 4.92 Å². The quantitative estimate of drug-likeness (QED) is 0.349. The number of nitrogens with one attached hydrogen (secondary N) is 1. The van der Waals surface area contributed by atoms with Crippen LogP contribution < -0.4 is 5.32 Å². The lowest BCUT2D eigenvalue weighted by atomic mass is 10.1. The van der Waals surface area contributed by atoms with Gasteiger partial charge in [-0.2, -0.15) is 0 Å². The van der Waals surface area contributed by atoms with Crippen molar-refractivity contribution < 1.29 is 4.92 Å². The monoisotopic (exact) mass is 206 g/mol. The summed E-state index contributed by atoms with van der Waals surface area (Å²) < 4.78 is 0. The van der Waals surface area contributed by atoms with Crippen LogP contribution in [0.1, 0.15) is 12.0 Å². The summed E-state index contributed by atoms with van der Waals surface area (Å²) >= 11 is 0. The van der Waals surface area contributed by atoms with Crippen LogP contribution in [0.4, 0.5) is 11.4 Å². The smallest absolute Gasteiger partial charge is 0.274 e. The summed E-state index contributed by atoms with van der Waals surface area (Å²) in [5.41, 5.74) is 1.64. The number of benzene rings is 1. The Bertz CT molecular complexity index is 375. The van der Waals surface area contributed by atoms with Crippen molar-refractivity contribution in [2.24, 2.45) is 0 Å². The Hall–Kier alpha value is -1.84. The molecule has 15 heavy (non-hydrogen) atoms. The molecule has 0 aromatic heterocycles. The number of rotatable bonds is 5. The van der Waals surface area contributed by atoms with Crippen molar-refractivity contribution in [3.8, 4) is 0 Å². The number of hydrogen-bond donors (Lipinski definition) is 1. The third kappa shape index (κ3) is 2.80. The molecule has 0 heterocycles. The zero-order valence-electron chi connectivity index (χ0n) is 8.69. The average Bonchev–Trinajstić information content (AvgIpc) is 2.20. The maximum absolute atomic E-state index is 10.7. The van der Waals surface area contributed by atoms with Crippen molar-refractivity contribution in [1.29, 1.82) is 0 Å². The van der Waals surface area contributed by atoms with E-state index in [1.807, 2.05) is 6.07 Å². The Morgan fingerprint density at radius 2 is 2.33 bits per heavy atom. The number of nitrogens with zero attached hydrogens (tertiary/aromatic N) is 1. The van der Waals surface area contributed by atoms with Crippen LogP contribution in [-0.4, -0.2) is 11.5 Å². The van der Waals surface area contributed by atoms with Crippen molar-refractivity contribution in [2.75, 3.05) is 11.9 Å². The van der Waals surface area contributed by atoms with E-state index in [0.717, 1.165) is 18.7 Å². The van der Waals surface area contributed by atoms with E-state index in [1.165, 1.54) is 6.07 Å². The number of nitro groups is 1. The topological polar surface area (TPSA) is 55.2 Å². The fourth-order valence-electron chi connectivity index (χ4n) is 1.32. The molecule has 0 spiro atoms. The van der Waals surface area contributed by atoms with Crippen molar-refractivity contribution in [3.63, 3.8) is 0 Å². The van der Waals surface area contributed by atoms with Crippen LogP contribution in [0.2, 0.25) is 0 Å². The maximum atomic E-state index is 10.7. The van der Waals surface area contributed by atoms with Crippen LogP contribution in [0.25, 0.3) is 0 Å². The molecule has 0 saturated carbocycles. The first-order chi connectivity index (χ1) is 7.16. The van der Waals surface area contributed by atoms with Crippen molar-refractivity contribution >= 4 is 11.4 Å². The predicted molar refractivity (Wildman–Crippen MR) is 61.1 cm³/mol. The SMILES string of the molecule is C=CCCNc1cccc([N+](=O)[O-])c1C. The highest BCUT2D eigenvalue weighted by Crippen LogP contribution is 2.24. The standard InChI is InChI=1S/C11H14N2O2/c1-3-4-8-12-10-6-5-7-11(9(10)2)13(14)15/h3,5-7,12H,1,4,8H2,2H3. The number of anilines is 1. The molecule has 0 unspecified atom stereocenters. The molecule has 1 aromatic carbocycles. The van der Waals surface area contributed by atoms with Gasteiger partial charge in [0.1, 0.15) is 0 Å². The summed E-state index contributed by atoms with van der Waals surface area (Å²) in [5, 5.41) is 13.8. The molecule has 0 aliphatic carbocycles. The van der Waals surface area contributed by atoms with Gasteiger partial charge < -0.3 is 5.32 Å². The average molecular weight is 206 g/mol. The molecule has 0 amide bonds. The van der Waals surface area contributed by atoms with E-state index in [2.05, 4.69) is 11.9 Å². The molecule has 1 rings (SSSR count). The molecular formula is C11H14N2O2. The van der Waals surface area contributed by atoms with E-state index in [-0.39, 0.29) is 10.6 Å². The third-order valence-corrected chi connectivity index (χ3v) is 2.17. The second kappa shape index (κ2) is 5.14. The van der Waals surface area contributed by atoms with Crippen molar-refractivity contribution in [1.82, 2.24) is 0 Å². The van der Waals surface area contributed by atoms with Gasteiger partial charge in [0.2, 0.25) is 0 Å². The highest BCUT2D eigenvalue weighted by Gasteiger charge is 2.12. The fourth-order valence-corrected chi connectivity index (χ4v) is 1.32. The minimum Gasteiger partial charge on any atom is -0.384 e. The summed E-state index contributed by atoms with van der Waals surface area (Å²) in [6.45, 7) is 6.10. The summed E-state index contributed by atoms with van der Waals surface area (Å²) in [4.78, 5) is 10.3. The zero-order valence-corrected chi connectivity index (χ0v) is 8.69. The first-order valence-electron chi connectivity index (χ1n) is 4.75. The Labute approximate surface area is 88.8 Å². The summed E-state index contributed by atoms with van der Waals surface area (Å²) in [5.74, 6) is 0. The Balaban J connectivity index is 2.84. The number of nitro benzene ring substituents is 1. The molecule has 0 atom stereocenters. The Kier molecular flexibility index (Phi) is 3.85. The van der Waals surface area contributed by atoms with Gasteiger partial charge in [0.15, 0.2) is 0 Å². The first-order valence-corrected chi connectivity index (χ1v) is 4.75. The lowest BCUT2D eigenvalue weighted by molar-refractivity contribution is -0.385. The Morgan fingerprint density at radius 1 is 1.60 bits per heavy atom. The first kappa shape index (κ1) is 11.2. The van der Waals surface area contributed by atoms with Gasteiger partial charge in [-0.25, -0.2) is 0 Å². The van der Waals surface area contributed by atoms with Gasteiger partial charge in [-0.05, 0) is 19.4 Å². The molecule has 0 radical (unpaired) electrons. The van der Waals surface area contributed by atoms with Gasteiger partial charge in [-0.1, -0.05) is 12.1 Å². The van der Waals surface area contributed by atoms with Crippen LogP contribution in [0.15, 0.2) is 30.9 Å². The minimum atomic E-state index is -0.367. The summed E-state index contributed by atoms with van der Waals surface area (Å²) in [7, 11) is 0. The van der Waals surface area contributed by atoms with E-state index < -0.39 is 0 Å². The van der Waals surface area contributed by atoms with Gasteiger partial charge in [0.25, 0.3) is 5.69 Å². The second-order valence-corrected chi connectivity index (χ2v) is 3.21. The van der Waals surface area contributed by atoms with Gasteiger partial charge in [0, 0.05) is 23.9 Å². The maximum Gasteiger partial charge on any atom is 0.274 e. The molecule has 4 nitrogen and oxygen atoms in total. The molecule has 4 heteroatoms. The van der Waals surface area contributed by atoms with E-state index in [9.17, 15) is 10.1 Å². The lowest BCUT2D eigenvalue weighted by Crippen LogP contribution is -2.03. The van der Waals surface area contributed by atoms with Crippen molar-refractivity contribution in [3.05, 3.63) is 46.5 Å². The number of hydrogen-bond acceptors (Lipinski definition) is 3. The predicted octanol–water partition coefficient (Wildman–Crippen LogP) is 2.89. The summed E-state index contributed by atoms with van der Waals surface area (Å²) in [6.07, 6.45) is 2.64. The molecule has 0 fully saturated rings. The minimum absolute atomic E-state index is 0.151. The van der Waals surface area contributed by atoms with Crippen LogP contribution in [0.5, 0.6) is 0 Å². The largest absolute Gasteiger partial charge is 0.384 e. The lowest BCUT2D eigenvalue weighted by Gasteiger charge is -2.08. The van der Waals surface area contributed by atoms with Crippen LogP contribution in [-0.2, 0) is 0 Å².